The highest BCUT2D eigenvalue weighted by molar-refractivity contribution is 5.96. The van der Waals surface area contributed by atoms with Crippen LogP contribution in [0.5, 0.6) is 11.5 Å². The summed E-state index contributed by atoms with van der Waals surface area (Å²) in [6.45, 7) is -0.881. The molecule has 1 N–H and O–H groups in total. The summed E-state index contributed by atoms with van der Waals surface area (Å²) < 4.78 is 19.0. The highest BCUT2D eigenvalue weighted by Gasteiger charge is 2.13. The lowest BCUT2D eigenvalue weighted by atomic mass is 10.2. The molecule has 0 aliphatic rings. The van der Waals surface area contributed by atoms with Crippen molar-refractivity contribution in [2.24, 2.45) is 0 Å². The molecule has 8 nitrogen and oxygen atoms in total. The van der Waals surface area contributed by atoms with Crippen LogP contribution in [0.4, 0.5) is 0 Å². The van der Waals surface area contributed by atoms with E-state index in [2.05, 4.69) is 14.8 Å². The van der Waals surface area contributed by atoms with Crippen LogP contribution in [0, 0.1) is 0 Å². The molecular weight excluding hydrogens is 294 g/mol. The second-order valence-electron chi connectivity index (χ2n) is 4.02. The lowest BCUT2D eigenvalue weighted by Crippen LogP contribution is -2.31. The largest absolute Gasteiger partial charge is 0.497 e. The molecule has 1 amide bonds. The number of nitrogens with one attached hydrogen (secondary N) is 1. The van der Waals surface area contributed by atoms with E-state index in [9.17, 15) is 14.4 Å². The maximum absolute atomic E-state index is 12.0. The molecule has 0 unspecified atom stereocenters. The Morgan fingerprint density at radius 3 is 2.05 bits per heavy atom. The molecule has 0 fully saturated rings. The number of hydrogen-bond donors (Lipinski definition) is 1. The third kappa shape index (κ3) is 5.31. The van der Waals surface area contributed by atoms with Gasteiger partial charge in [-0.2, -0.15) is 0 Å². The molecule has 0 radical (unpaired) electrons. The lowest BCUT2D eigenvalue weighted by molar-refractivity contribution is -0.156. The average Bonchev–Trinajstić information content (AvgIpc) is 2.56. The molecule has 8 heteroatoms. The topological polar surface area (TPSA) is 100 Å². The minimum Gasteiger partial charge on any atom is -0.497 e. The minimum atomic E-state index is -0.756. The standard InChI is InChI=1S/C14H17NO7/c1-19-10-4-9(5-11(6-10)20-2)14(18)15-7-12(16)22-8-13(17)21-3/h4-6H,7-8H2,1-3H3,(H,15,18). The van der Waals surface area contributed by atoms with Gasteiger partial charge in [0.05, 0.1) is 21.3 Å². The van der Waals surface area contributed by atoms with E-state index in [4.69, 9.17) is 9.47 Å². The average molecular weight is 311 g/mol. The maximum atomic E-state index is 12.0. The highest BCUT2D eigenvalue weighted by atomic mass is 16.6. The molecule has 1 rings (SSSR count). The Hall–Kier alpha value is -2.77. The first-order valence-electron chi connectivity index (χ1n) is 6.24. The fourth-order valence-electron chi connectivity index (χ4n) is 1.44. The number of benzene rings is 1. The van der Waals surface area contributed by atoms with Crippen LogP contribution in [0.15, 0.2) is 18.2 Å². The van der Waals surface area contributed by atoms with Crippen molar-refractivity contribution < 1.29 is 33.3 Å². The molecule has 22 heavy (non-hydrogen) atoms. The second kappa shape index (κ2) is 8.50. The summed E-state index contributed by atoms with van der Waals surface area (Å²) in [6.07, 6.45) is 0. The molecule has 120 valence electrons. The van der Waals surface area contributed by atoms with Crippen molar-refractivity contribution in [1.82, 2.24) is 5.32 Å². The number of amides is 1. The van der Waals surface area contributed by atoms with E-state index in [1.807, 2.05) is 0 Å². The normalized spacial score (nSPS) is 9.59. The number of rotatable bonds is 7. The Morgan fingerprint density at radius 2 is 1.55 bits per heavy atom. The summed E-state index contributed by atoms with van der Waals surface area (Å²) in [5, 5.41) is 2.37. The van der Waals surface area contributed by atoms with Gasteiger partial charge in [0.2, 0.25) is 0 Å². The van der Waals surface area contributed by atoms with Crippen molar-refractivity contribution in [3.63, 3.8) is 0 Å². The van der Waals surface area contributed by atoms with Crippen LogP contribution in [0.1, 0.15) is 10.4 Å². The van der Waals surface area contributed by atoms with E-state index in [1.165, 1.54) is 33.5 Å². The number of methoxy groups -OCH3 is 3. The number of hydrogen-bond acceptors (Lipinski definition) is 7. The first-order chi connectivity index (χ1) is 10.5. The zero-order valence-corrected chi connectivity index (χ0v) is 12.5. The summed E-state index contributed by atoms with van der Waals surface area (Å²) in [6, 6.07) is 4.61. The molecule has 0 atom stereocenters. The molecule has 0 spiro atoms. The minimum absolute atomic E-state index is 0.261. The van der Waals surface area contributed by atoms with Gasteiger partial charge in [-0.05, 0) is 12.1 Å². The van der Waals surface area contributed by atoms with Gasteiger partial charge in [0.25, 0.3) is 5.91 Å². The Labute approximate surface area is 127 Å². The Morgan fingerprint density at radius 1 is 0.955 bits per heavy atom. The molecule has 1 aromatic rings. The highest BCUT2D eigenvalue weighted by Crippen LogP contribution is 2.22. The third-order valence-electron chi connectivity index (χ3n) is 2.59. The molecule has 0 saturated heterocycles. The van der Waals surface area contributed by atoms with Crippen molar-refractivity contribution in [2.75, 3.05) is 34.5 Å². The van der Waals surface area contributed by atoms with E-state index in [0.29, 0.717) is 11.5 Å². The van der Waals surface area contributed by atoms with Crippen LogP contribution in [0.3, 0.4) is 0 Å². The van der Waals surface area contributed by atoms with Gasteiger partial charge < -0.3 is 24.3 Å². The van der Waals surface area contributed by atoms with Crippen LogP contribution in [0.25, 0.3) is 0 Å². The Balaban J connectivity index is 2.58. The van der Waals surface area contributed by atoms with Gasteiger partial charge in [0, 0.05) is 11.6 Å². The van der Waals surface area contributed by atoms with Crippen LogP contribution in [0.2, 0.25) is 0 Å². The summed E-state index contributed by atoms with van der Waals surface area (Å²) in [5.74, 6) is -1.06. The monoisotopic (exact) mass is 311 g/mol. The van der Waals surface area contributed by atoms with Crippen LogP contribution in [-0.2, 0) is 19.1 Å². The summed E-state index contributed by atoms with van der Waals surface area (Å²) in [5.41, 5.74) is 0.261. The number of carbonyl (C=O) groups excluding carboxylic acids is 3. The van der Waals surface area contributed by atoms with Gasteiger partial charge in [0.15, 0.2) is 6.61 Å². The van der Waals surface area contributed by atoms with Crippen molar-refractivity contribution in [2.45, 2.75) is 0 Å². The lowest BCUT2D eigenvalue weighted by Gasteiger charge is -2.09. The predicted molar refractivity (Wildman–Crippen MR) is 74.9 cm³/mol. The first-order valence-corrected chi connectivity index (χ1v) is 6.24. The Kier molecular flexibility index (Phi) is 6.68. The second-order valence-corrected chi connectivity index (χ2v) is 4.02. The summed E-state index contributed by atoms with van der Waals surface area (Å²) in [4.78, 5) is 34.1. The van der Waals surface area contributed by atoms with Gasteiger partial charge >= 0.3 is 11.9 Å². The van der Waals surface area contributed by atoms with E-state index in [-0.39, 0.29) is 12.1 Å². The maximum Gasteiger partial charge on any atom is 0.344 e. The number of esters is 2. The first kappa shape index (κ1) is 17.3. The van der Waals surface area contributed by atoms with Crippen LogP contribution < -0.4 is 14.8 Å². The van der Waals surface area contributed by atoms with Crippen molar-refractivity contribution in [3.8, 4) is 11.5 Å². The predicted octanol–water partition coefficient (Wildman–Crippen LogP) is 0.150. The number of ether oxygens (including phenoxy) is 4. The van der Waals surface area contributed by atoms with E-state index < -0.39 is 24.5 Å². The number of carbonyl (C=O) groups is 3. The van der Waals surface area contributed by atoms with Gasteiger partial charge in [-0.3, -0.25) is 9.59 Å². The van der Waals surface area contributed by atoms with Crippen LogP contribution in [-0.4, -0.2) is 52.3 Å². The smallest absolute Gasteiger partial charge is 0.344 e. The fourth-order valence-corrected chi connectivity index (χ4v) is 1.44. The van der Waals surface area contributed by atoms with E-state index in [1.54, 1.807) is 6.07 Å². The quantitative estimate of drug-likeness (QED) is 0.715. The molecular formula is C14H17NO7. The van der Waals surface area contributed by atoms with Crippen molar-refractivity contribution >= 4 is 17.8 Å². The van der Waals surface area contributed by atoms with E-state index >= 15 is 0 Å². The van der Waals surface area contributed by atoms with E-state index in [0.717, 1.165) is 0 Å². The zero-order valence-electron chi connectivity index (χ0n) is 12.5. The van der Waals surface area contributed by atoms with Gasteiger partial charge in [-0.25, -0.2) is 4.79 Å². The summed E-state index contributed by atoms with van der Waals surface area (Å²) >= 11 is 0. The van der Waals surface area contributed by atoms with Crippen LogP contribution >= 0.6 is 0 Å². The molecule has 0 aromatic heterocycles. The fraction of sp³-hybridized carbons (Fsp3) is 0.357. The zero-order chi connectivity index (χ0) is 16.5. The summed E-state index contributed by atoms with van der Waals surface area (Å²) in [7, 11) is 4.09. The molecule has 0 aliphatic heterocycles. The van der Waals surface area contributed by atoms with Gasteiger partial charge in [-0.15, -0.1) is 0 Å². The molecule has 0 saturated carbocycles. The van der Waals surface area contributed by atoms with Crippen molar-refractivity contribution in [1.29, 1.82) is 0 Å². The van der Waals surface area contributed by atoms with Crippen molar-refractivity contribution in [3.05, 3.63) is 23.8 Å². The third-order valence-corrected chi connectivity index (χ3v) is 2.59. The molecule has 0 aliphatic carbocycles. The molecule has 0 heterocycles. The molecule has 1 aromatic carbocycles. The van der Waals surface area contributed by atoms with Gasteiger partial charge in [0.1, 0.15) is 18.0 Å². The molecule has 0 bridgehead atoms. The Bertz CT molecular complexity index is 534. The SMILES string of the molecule is COC(=O)COC(=O)CNC(=O)c1cc(OC)cc(OC)c1. The van der Waals surface area contributed by atoms with Gasteiger partial charge in [-0.1, -0.05) is 0 Å².